The van der Waals surface area contributed by atoms with E-state index in [-0.39, 0.29) is 0 Å². The molecule has 2 rings (SSSR count). The smallest absolute Gasteiger partial charge is 0.0121 e. The molecule has 0 saturated carbocycles. The van der Waals surface area contributed by atoms with Crippen molar-refractivity contribution in [3.05, 3.63) is 21.9 Å². The molecule has 0 aromatic carbocycles. The standard InChI is InChI=1S/C9H13NS/c1-10-6-8-3-2-7-4-5-11-9(7)8/h4-5,8,10H,2-3,6H2,1H3. The van der Waals surface area contributed by atoms with Crippen LogP contribution in [0, 0.1) is 0 Å². The van der Waals surface area contributed by atoms with Crippen molar-refractivity contribution >= 4 is 11.3 Å². The summed E-state index contributed by atoms with van der Waals surface area (Å²) in [4.78, 5) is 1.62. The van der Waals surface area contributed by atoms with Crippen molar-refractivity contribution in [2.75, 3.05) is 13.6 Å². The lowest BCUT2D eigenvalue weighted by Gasteiger charge is -2.06. The van der Waals surface area contributed by atoms with Crippen molar-refractivity contribution in [3.63, 3.8) is 0 Å². The van der Waals surface area contributed by atoms with E-state index in [0.29, 0.717) is 0 Å². The Labute approximate surface area is 71.4 Å². The fourth-order valence-electron chi connectivity index (χ4n) is 1.81. The molecule has 0 bridgehead atoms. The third kappa shape index (κ3) is 1.21. The molecule has 1 atom stereocenters. The van der Waals surface area contributed by atoms with E-state index in [1.165, 1.54) is 12.8 Å². The van der Waals surface area contributed by atoms with Crippen LogP contribution in [0.5, 0.6) is 0 Å². The Morgan fingerprint density at radius 1 is 1.73 bits per heavy atom. The van der Waals surface area contributed by atoms with Crippen LogP contribution in [-0.4, -0.2) is 13.6 Å². The van der Waals surface area contributed by atoms with Gasteiger partial charge in [0, 0.05) is 17.3 Å². The van der Waals surface area contributed by atoms with Gasteiger partial charge >= 0.3 is 0 Å². The van der Waals surface area contributed by atoms with Crippen molar-refractivity contribution in [3.8, 4) is 0 Å². The van der Waals surface area contributed by atoms with Crippen molar-refractivity contribution in [1.29, 1.82) is 0 Å². The van der Waals surface area contributed by atoms with Gasteiger partial charge in [-0.25, -0.2) is 0 Å². The number of nitrogens with one attached hydrogen (secondary N) is 1. The molecule has 0 amide bonds. The normalized spacial score (nSPS) is 22.1. The zero-order chi connectivity index (χ0) is 7.68. The van der Waals surface area contributed by atoms with Crippen LogP contribution in [0.1, 0.15) is 22.8 Å². The molecular weight excluding hydrogens is 154 g/mol. The maximum atomic E-state index is 3.25. The third-order valence-electron chi connectivity index (χ3n) is 2.36. The molecule has 1 nitrogen and oxygen atoms in total. The molecular formula is C9H13NS. The van der Waals surface area contributed by atoms with Gasteiger partial charge in [0.1, 0.15) is 0 Å². The lowest BCUT2D eigenvalue weighted by molar-refractivity contribution is 0.629. The van der Waals surface area contributed by atoms with Gasteiger partial charge in [0.2, 0.25) is 0 Å². The van der Waals surface area contributed by atoms with E-state index in [1.807, 2.05) is 18.4 Å². The molecule has 2 heteroatoms. The fourth-order valence-corrected chi connectivity index (χ4v) is 2.91. The Bertz CT molecular complexity index is 241. The number of fused-ring (bicyclic) bond motifs is 1. The van der Waals surface area contributed by atoms with E-state index in [1.54, 1.807) is 10.4 Å². The van der Waals surface area contributed by atoms with E-state index < -0.39 is 0 Å². The van der Waals surface area contributed by atoms with Gasteiger partial charge in [-0.1, -0.05) is 0 Å². The van der Waals surface area contributed by atoms with E-state index in [4.69, 9.17) is 0 Å². The molecule has 1 aromatic heterocycles. The second kappa shape index (κ2) is 2.95. The molecule has 0 saturated heterocycles. The fraction of sp³-hybridized carbons (Fsp3) is 0.556. The van der Waals surface area contributed by atoms with Crippen molar-refractivity contribution < 1.29 is 0 Å². The lowest BCUT2D eigenvalue weighted by Crippen LogP contribution is -2.14. The predicted molar refractivity (Wildman–Crippen MR) is 49.3 cm³/mol. The minimum Gasteiger partial charge on any atom is -0.319 e. The average Bonchev–Trinajstić information content (AvgIpc) is 2.53. The highest BCUT2D eigenvalue weighted by Crippen LogP contribution is 2.36. The van der Waals surface area contributed by atoms with Gasteiger partial charge in [0.15, 0.2) is 0 Å². The van der Waals surface area contributed by atoms with Crippen molar-refractivity contribution in [2.45, 2.75) is 18.8 Å². The zero-order valence-corrected chi connectivity index (χ0v) is 7.58. The molecule has 1 heterocycles. The summed E-state index contributed by atoms with van der Waals surface area (Å²) in [6.07, 6.45) is 2.65. The van der Waals surface area contributed by atoms with Gasteiger partial charge in [0.05, 0.1) is 0 Å². The van der Waals surface area contributed by atoms with Crippen molar-refractivity contribution in [2.24, 2.45) is 0 Å². The SMILES string of the molecule is CNCC1CCc2ccsc21. The number of likely N-dealkylation sites (N-methyl/N-ethyl adjacent to an activating group) is 1. The van der Waals surface area contributed by atoms with Gasteiger partial charge in [-0.05, 0) is 36.9 Å². The van der Waals surface area contributed by atoms with E-state index in [2.05, 4.69) is 16.8 Å². The van der Waals surface area contributed by atoms with Crippen LogP contribution in [-0.2, 0) is 6.42 Å². The highest BCUT2D eigenvalue weighted by Gasteiger charge is 2.22. The number of hydrogen-bond acceptors (Lipinski definition) is 2. The van der Waals surface area contributed by atoms with Gasteiger partial charge in [-0.3, -0.25) is 0 Å². The third-order valence-corrected chi connectivity index (χ3v) is 3.49. The minimum atomic E-state index is 0.801. The van der Waals surface area contributed by atoms with Crippen LogP contribution in [0.15, 0.2) is 11.4 Å². The lowest BCUT2D eigenvalue weighted by atomic mass is 10.1. The Balaban J connectivity index is 2.18. The summed E-state index contributed by atoms with van der Waals surface area (Å²) in [5, 5.41) is 5.46. The zero-order valence-electron chi connectivity index (χ0n) is 6.76. The van der Waals surface area contributed by atoms with Crippen LogP contribution in [0.4, 0.5) is 0 Å². The van der Waals surface area contributed by atoms with Crippen molar-refractivity contribution in [1.82, 2.24) is 5.32 Å². The molecule has 0 radical (unpaired) electrons. The predicted octanol–water partition coefficient (Wildman–Crippen LogP) is 2.00. The second-order valence-electron chi connectivity index (χ2n) is 3.10. The summed E-state index contributed by atoms with van der Waals surface area (Å²) in [6.45, 7) is 1.15. The molecule has 1 aliphatic rings. The number of thiophene rings is 1. The van der Waals surface area contributed by atoms with Crippen LogP contribution in [0.3, 0.4) is 0 Å². The number of rotatable bonds is 2. The average molecular weight is 167 g/mol. The van der Waals surface area contributed by atoms with Crippen LogP contribution in [0.2, 0.25) is 0 Å². The van der Waals surface area contributed by atoms with Crippen LogP contribution < -0.4 is 5.32 Å². The molecule has 1 N–H and O–H groups in total. The van der Waals surface area contributed by atoms with E-state index in [9.17, 15) is 0 Å². The monoisotopic (exact) mass is 167 g/mol. The first-order valence-electron chi connectivity index (χ1n) is 4.12. The maximum Gasteiger partial charge on any atom is 0.0121 e. The van der Waals surface area contributed by atoms with E-state index in [0.717, 1.165) is 12.5 Å². The molecule has 0 spiro atoms. The van der Waals surface area contributed by atoms with E-state index >= 15 is 0 Å². The number of hydrogen-bond donors (Lipinski definition) is 1. The highest BCUT2D eigenvalue weighted by atomic mass is 32.1. The Hall–Kier alpha value is -0.340. The molecule has 1 unspecified atom stereocenters. The first-order valence-corrected chi connectivity index (χ1v) is 5.00. The summed E-state index contributed by atoms with van der Waals surface area (Å²) in [7, 11) is 2.03. The van der Waals surface area contributed by atoms with Crippen LogP contribution in [0.25, 0.3) is 0 Å². The first-order chi connectivity index (χ1) is 5.42. The summed E-state index contributed by atoms with van der Waals surface area (Å²) in [5.74, 6) is 0.801. The Kier molecular flexibility index (Phi) is 1.96. The topological polar surface area (TPSA) is 12.0 Å². The first kappa shape index (κ1) is 7.32. The molecule has 60 valence electrons. The highest BCUT2D eigenvalue weighted by molar-refractivity contribution is 7.10. The largest absolute Gasteiger partial charge is 0.319 e. The maximum absolute atomic E-state index is 3.25. The minimum absolute atomic E-state index is 0.801. The molecule has 1 aliphatic carbocycles. The summed E-state index contributed by atoms with van der Waals surface area (Å²) in [5.41, 5.74) is 1.59. The molecule has 0 aliphatic heterocycles. The van der Waals surface area contributed by atoms with Gasteiger partial charge in [-0.15, -0.1) is 11.3 Å². The van der Waals surface area contributed by atoms with Crippen LogP contribution >= 0.6 is 11.3 Å². The Morgan fingerprint density at radius 3 is 3.45 bits per heavy atom. The summed E-state index contributed by atoms with van der Waals surface area (Å²) < 4.78 is 0. The van der Waals surface area contributed by atoms with Gasteiger partial charge in [0.25, 0.3) is 0 Å². The second-order valence-corrected chi connectivity index (χ2v) is 4.05. The van der Waals surface area contributed by atoms with Gasteiger partial charge < -0.3 is 5.32 Å². The summed E-state index contributed by atoms with van der Waals surface area (Å²) in [6, 6.07) is 2.27. The number of aryl methyl sites for hydroxylation is 1. The molecule has 0 fully saturated rings. The quantitative estimate of drug-likeness (QED) is 0.710. The molecule has 11 heavy (non-hydrogen) atoms. The van der Waals surface area contributed by atoms with Gasteiger partial charge in [-0.2, -0.15) is 0 Å². The Morgan fingerprint density at radius 2 is 2.64 bits per heavy atom. The molecule has 1 aromatic rings. The summed E-state index contributed by atoms with van der Waals surface area (Å²) >= 11 is 1.92.